The number of carbonyl (C=O) groups is 2. The molecule has 2 aliphatic carbocycles. The maximum Gasteiger partial charge on any atom is 0.202 e. The molecule has 2 aromatic rings. The highest BCUT2D eigenvalue weighted by Gasteiger charge is 2.54. The van der Waals surface area contributed by atoms with Gasteiger partial charge in [0.2, 0.25) is 5.78 Å². The van der Waals surface area contributed by atoms with Gasteiger partial charge in [-0.3, -0.25) is 9.59 Å². The van der Waals surface area contributed by atoms with Crippen molar-refractivity contribution in [3.05, 3.63) is 51.6 Å². The maximum absolute atomic E-state index is 14.3. The van der Waals surface area contributed by atoms with E-state index in [1.165, 1.54) is 18.2 Å². The number of carbonyl (C=O) groups excluding carboxylic acids is 2. The van der Waals surface area contributed by atoms with Crippen LogP contribution in [0, 0.1) is 0 Å². The molecule has 4 fully saturated rings. The molecule has 0 radical (unpaired) electrons. The number of benzene rings is 2. The summed E-state index contributed by atoms with van der Waals surface area (Å²) in [6.07, 6.45) is -7.84. The Morgan fingerprint density at radius 3 is 1.92 bits per heavy atom. The number of fused-ring (bicyclic) bond motifs is 3. The van der Waals surface area contributed by atoms with Gasteiger partial charge in [0.05, 0.1) is 59.4 Å². The van der Waals surface area contributed by atoms with Gasteiger partial charge in [0.15, 0.2) is 30.9 Å². The van der Waals surface area contributed by atoms with Crippen LogP contribution < -0.4 is 0 Å². The van der Waals surface area contributed by atoms with Crippen molar-refractivity contribution in [2.45, 2.75) is 190 Å². The molecule has 6 N–H and O–H groups in total. The first-order chi connectivity index (χ1) is 31.2. The number of phenols is 3. The zero-order valence-electron chi connectivity index (χ0n) is 39.3. The molecule has 4 heterocycles. The standard InChI is InChI=1S/C48H68N2O16/c1-10-48(66-35-18-27(49(6)7)40(54)22(3)60-35)17-16-26-37(44(58)39-38(42(26)56)43(57)36-25(41(39)55)12-11-13-30(36)52)47(48)65-33-19-28(50(8)9)45(23(4)61-33)64-34-20-31(53)46(24(5)62-34)63-32-15-14-29(51)21(2)59-32/h11-13,21-24,27-29,31-35,40,45-47,51-54,56,58H,10,14-20H2,1-9H3/t21-,22-,23-,24-,27-,28-,29-,31-,32-,33-,34-,35-,40+,45+,46+,47-,48-/m1/s1. The number of likely N-dealkylation sites (N-methyl/N-ethyl adjacent to an activating group) is 2. The highest BCUT2D eigenvalue weighted by Crippen LogP contribution is 2.56. The molecule has 0 aromatic heterocycles. The number of hydrogen-bond acceptors (Lipinski definition) is 18. The highest BCUT2D eigenvalue weighted by atomic mass is 16.7. The number of nitrogens with zero attached hydrogens (tertiary/aromatic N) is 2. The fourth-order valence-corrected chi connectivity index (χ4v) is 11.0. The number of ether oxygens (including phenoxy) is 8. The van der Waals surface area contributed by atoms with Crippen LogP contribution in [-0.4, -0.2) is 178 Å². The molecule has 17 atom stereocenters. The van der Waals surface area contributed by atoms with Gasteiger partial charge in [0.1, 0.15) is 41.2 Å². The number of aliphatic hydroxyl groups excluding tert-OH is 3. The van der Waals surface area contributed by atoms with Crippen LogP contribution in [0.5, 0.6) is 17.2 Å². The maximum atomic E-state index is 14.3. The summed E-state index contributed by atoms with van der Waals surface area (Å²) in [4.78, 5) is 32.2. The second-order valence-corrected chi connectivity index (χ2v) is 19.5. The third kappa shape index (κ3) is 8.91. The Morgan fingerprint density at radius 2 is 1.27 bits per heavy atom. The lowest BCUT2D eigenvalue weighted by Gasteiger charge is -2.51. The SMILES string of the molecule is CC[C@@]1(O[C@@H]2C[C@@H](N(C)C)[C@@H](O)[C@@H](C)O2)CCc2c(O)c3c(c(O)c2[C@H]1O[C@@H]1C[C@@H](N(C)C)[C@@H](O[C@@H]2C[C@@H](O)[C@@H](O[C@@H]4CC[C@@H](O)[C@@H](C)O4)[C@@H](C)O2)[C@@H](C)O1)C(=O)c1cccc(O)c1C3=O. The molecule has 2 aromatic carbocycles. The summed E-state index contributed by atoms with van der Waals surface area (Å²) in [6.45, 7) is 9.12. The molecular formula is C48H68N2O16. The van der Waals surface area contributed by atoms with Crippen LogP contribution in [0.2, 0.25) is 0 Å². The van der Waals surface area contributed by atoms with Crippen LogP contribution in [0.4, 0.5) is 0 Å². The minimum Gasteiger partial charge on any atom is -0.507 e. The van der Waals surface area contributed by atoms with Crippen molar-refractivity contribution in [2.24, 2.45) is 0 Å². The third-order valence-electron chi connectivity index (χ3n) is 14.9. The average molecular weight is 929 g/mol. The van der Waals surface area contributed by atoms with Gasteiger partial charge in [0.25, 0.3) is 0 Å². The van der Waals surface area contributed by atoms with E-state index >= 15 is 0 Å². The Bertz CT molecular complexity index is 2110. The Morgan fingerprint density at radius 1 is 0.667 bits per heavy atom. The Labute approximate surface area is 385 Å². The Kier molecular flexibility index (Phi) is 14.3. The molecule has 66 heavy (non-hydrogen) atoms. The van der Waals surface area contributed by atoms with Crippen LogP contribution in [0.25, 0.3) is 0 Å². The first kappa shape index (κ1) is 49.1. The molecule has 18 heteroatoms. The summed E-state index contributed by atoms with van der Waals surface area (Å²) < 4.78 is 52.0. The highest BCUT2D eigenvalue weighted by molar-refractivity contribution is 6.31. The van der Waals surface area contributed by atoms with Gasteiger partial charge >= 0.3 is 0 Å². The second kappa shape index (κ2) is 19.2. The average Bonchev–Trinajstić information content (AvgIpc) is 3.26. The Hall–Kier alpha value is -3.34. The second-order valence-electron chi connectivity index (χ2n) is 19.5. The molecule has 18 nitrogen and oxygen atoms in total. The monoisotopic (exact) mass is 928 g/mol. The molecule has 0 saturated carbocycles. The van der Waals surface area contributed by atoms with Gasteiger partial charge in [0, 0.05) is 54.5 Å². The topological polar surface area (TPSA) is 236 Å². The van der Waals surface area contributed by atoms with Gasteiger partial charge < -0.3 is 78.3 Å². The summed E-state index contributed by atoms with van der Waals surface area (Å²) in [5.74, 6) is -3.00. The van der Waals surface area contributed by atoms with Gasteiger partial charge in [-0.2, -0.15) is 0 Å². The fraction of sp³-hybridized carbons (Fsp3) is 0.708. The summed E-state index contributed by atoms with van der Waals surface area (Å²) in [7, 11) is 7.55. The van der Waals surface area contributed by atoms with E-state index < -0.39 is 132 Å². The van der Waals surface area contributed by atoms with E-state index in [1.54, 1.807) is 20.8 Å². The van der Waals surface area contributed by atoms with Crippen LogP contribution in [0.15, 0.2) is 18.2 Å². The molecule has 0 amide bonds. The van der Waals surface area contributed by atoms with E-state index in [0.29, 0.717) is 25.7 Å². The normalized spacial score (nSPS) is 39.4. The molecule has 0 bridgehead atoms. The zero-order chi connectivity index (χ0) is 47.7. The van der Waals surface area contributed by atoms with Crippen LogP contribution in [0.3, 0.4) is 0 Å². The largest absolute Gasteiger partial charge is 0.507 e. The molecule has 366 valence electrons. The van der Waals surface area contributed by atoms with Crippen molar-refractivity contribution in [1.29, 1.82) is 0 Å². The number of phenolic OH excluding ortho intramolecular Hbond substituents is 3. The predicted octanol–water partition coefficient (Wildman–Crippen LogP) is 3.39. The van der Waals surface area contributed by atoms with E-state index in [2.05, 4.69) is 0 Å². The molecule has 4 saturated heterocycles. The summed E-state index contributed by atoms with van der Waals surface area (Å²) in [5, 5.41) is 67.6. The van der Waals surface area contributed by atoms with E-state index in [4.69, 9.17) is 37.9 Å². The number of rotatable bonds is 11. The molecule has 0 spiro atoms. The lowest BCUT2D eigenvalue weighted by molar-refractivity contribution is -0.340. The fourth-order valence-electron chi connectivity index (χ4n) is 11.0. The number of aliphatic hydroxyl groups is 3. The Balaban J connectivity index is 1.09. The van der Waals surface area contributed by atoms with Crippen molar-refractivity contribution in [3.63, 3.8) is 0 Å². The summed E-state index contributed by atoms with van der Waals surface area (Å²) >= 11 is 0. The van der Waals surface area contributed by atoms with Crippen LogP contribution >= 0.6 is 0 Å². The zero-order valence-corrected chi connectivity index (χ0v) is 39.3. The minimum absolute atomic E-state index is 0.0767. The molecule has 4 aliphatic heterocycles. The molecule has 6 aliphatic rings. The first-order valence-electron chi connectivity index (χ1n) is 23.4. The smallest absolute Gasteiger partial charge is 0.202 e. The van der Waals surface area contributed by atoms with Crippen molar-refractivity contribution in [1.82, 2.24) is 9.80 Å². The first-order valence-corrected chi connectivity index (χ1v) is 23.4. The van der Waals surface area contributed by atoms with Crippen molar-refractivity contribution in [2.75, 3.05) is 28.2 Å². The summed E-state index contributed by atoms with van der Waals surface area (Å²) in [5.41, 5.74) is -2.15. The van der Waals surface area contributed by atoms with Crippen LogP contribution in [-0.2, 0) is 44.3 Å². The third-order valence-corrected chi connectivity index (χ3v) is 14.9. The lowest BCUT2D eigenvalue weighted by atomic mass is 9.71. The van der Waals surface area contributed by atoms with Gasteiger partial charge in [-0.25, -0.2) is 0 Å². The lowest BCUT2D eigenvalue weighted by Crippen LogP contribution is -2.59. The predicted molar refractivity (Wildman–Crippen MR) is 234 cm³/mol. The van der Waals surface area contributed by atoms with Gasteiger partial charge in [-0.05, 0) is 87.6 Å². The molecule has 0 unspecified atom stereocenters. The molecule has 8 rings (SSSR count). The number of aromatic hydroxyl groups is 3. The quantitative estimate of drug-likeness (QED) is 0.151. The number of hydrogen-bond donors (Lipinski definition) is 6. The van der Waals surface area contributed by atoms with Crippen LogP contribution in [0.1, 0.15) is 129 Å². The number of ketones is 2. The van der Waals surface area contributed by atoms with Crippen molar-refractivity contribution >= 4 is 11.6 Å². The van der Waals surface area contributed by atoms with E-state index in [0.717, 1.165) is 0 Å². The van der Waals surface area contributed by atoms with E-state index in [-0.39, 0.29) is 60.0 Å². The van der Waals surface area contributed by atoms with E-state index in [9.17, 15) is 40.2 Å². The minimum atomic E-state index is -1.26. The van der Waals surface area contributed by atoms with E-state index in [1.807, 2.05) is 51.8 Å². The van der Waals surface area contributed by atoms with Gasteiger partial charge in [-0.1, -0.05) is 19.1 Å². The van der Waals surface area contributed by atoms with Gasteiger partial charge in [-0.15, -0.1) is 0 Å². The van der Waals surface area contributed by atoms with Crippen molar-refractivity contribution in [3.8, 4) is 17.2 Å². The molecular weight excluding hydrogens is 861 g/mol. The summed E-state index contributed by atoms with van der Waals surface area (Å²) in [6, 6.07) is 3.45. The van der Waals surface area contributed by atoms with Crippen molar-refractivity contribution < 1.29 is 78.1 Å².